The molecule has 2 bridgehead atoms. The minimum absolute atomic E-state index is 0.0139. The minimum Gasteiger partial charge on any atom is -0.404 e. The second-order valence-electron chi connectivity index (χ2n) is 15.1. The maximum atomic E-state index is 14.2. The van der Waals surface area contributed by atoms with Gasteiger partial charge in [-0.15, -0.1) is 0 Å². The first-order valence-electron chi connectivity index (χ1n) is 17.3. The summed E-state index contributed by atoms with van der Waals surface area (Å²) in [6, 6.07) is 33.5. The Bertz CT molecular complexity index is 1440. The number of carbonyl (C=O) groups excluding carboxylic acids is 1. The third kappa shape index (κ3) is 4.92. The predicted octanol–water partition coefficient (Wildman–Crippen LogP) is 7.54. The Hall–Kier alpha value is -2.57. The molecule has 3 aromatic carbocycles. The fourth-order valence-corrected chi connectivity index (χ4v) is 15.4. The summed E-state index contributed by atoms with van der Waals surface area (Å²) in [4.78, 5) is 14.2. The molecule has 8 atom stereocenters. The second-order valence-corrected chi connectivity index (χ2v) is 18.6. The van der Waals surface area contributed by atoms with Gasteiger partial charge < -0.3 is 13.9 Å². The van der Waals surface area contributed by atoms with Crippen molar-refractivity contribution in [1.82, 2.24) is 0 Å². The van der Waals surface area contributed by atoms with Crippen LogP contribution in [0.3, 0.4) is 0 Å². The van der Waals surface area contributed by atoms with Crippen molar-refractivity contribution in [2.75, 3.05) is 6.79 Å². The van der Waals surface area contributed by atoms with Gasteiger partial charge in [-0.2, -0.15) is 0 Å². The molecule has 238 valence electrons. The zero-order chi connectivity index (χ0) is 31.3. The van der Waals surface area contributed by atoms with Gasteiger partial charge in [0.2, 0.25) is 0 Å². The number of ether oxygens (including phenoxy) is 2. The van der Waals surface area contributed by atoms with Crippen molar-refractivity contribution in [1.29, 1.82) is 0 Å². The van der Waals surface area contributed by atoms with Gasteiger partial charge in [0.1, 0.15) is 12.6 Å². The van der Waals surface area contributed by atoms with Crippen LogP contribution in [0.15, 0.2) is 91.0 Å². The maximum absolute atomic E-state index is 14.2. The van der Waals surface area contributed by atoms with E-state index in [0.717, 1.165) is 43.7 Å². The molecule has 1 saturated heterocycles. The van der Waals surface area contributed by atoms with E-state index in [-0.39, 0.29) is 47.1 Å². The quantitative estimate of drug-likeness (QED) is 0.148. The van der Waals surface area contributed by atoms with Gasteiger partial charge in [0, 0.05) is 17.8 Å². The lowest BCUT2D eigenvalue weighted by Gasteiger charge is -2.67. The molecule has 3 saturated carbocycles. The average molecular weight is 623 g/mol. The molecule has 0 radical (unpaired) electrons. The van der Waals surface area contributed by atoms with Crippen LogP contribution in [0.4, 0.5) is 0 Å². The number of carbonyl (C=O) groups is 1. The van der Waals surface area contributed by atoms with Crippen LogP contribution in [-0.2, 0) is 25.3 Å². The van der Waals surface area contributed by atoms with Crippen LogP contribution in [0.2, 0.25) is 6.04 Å². The van der Waals surface area contributed by atoms with Gasteiger partial charge in [-0.05, 0) is 76.8 Å². The van der Waals surface area contributed by atoms with Crippen LogP contribution in [-0.4, -0.2) is 33.1 Å². The molecular weight excluding hydrogens is 573 g/mol. The van der Waals surface area contributed by atoms with E-state index in [1.807, 2.05) is 18.2 Å². The first kappa shape index (κ1) is 31.0. The van der Waals surface area contributed by atoms with Crippen LogP contribution in [0.1, 0.15) is 71.8 Å². The molecule has 4 fully saturated rings. The van der Waals surface area contributed by atoms with Gasteiger partial charge in [-0.3, -0.25) is 4.79 Å². The summed E-state index contributed by atoms with van der Waals surface area (Å²) in [5.74, 6) is 1.18. The van der Waals surface area contributed by atoms with Crippen LogP contribution in [0, 0.1) is 34.0 Å². The molecular formula is C40H50O4Si. The highest BCUT2D eigenvalue weighted by Crippen LogP contribution is 2.70. The zero-order valence-electron chi connectivity index (χ0n) is 27.5. The first-order chi connectivity index (χ1) is 21.8. The molecule has 7 rings (SSSR count). The third-order valence-electron chi connectivity index (χ3n) is 13.2. The number of ketones is 1. The molecule has 0 amide bonds. The van der Waals surface area contributed by atoms with E-state index >= 15 is 0 Å². The van der Waals surface area contributed by atoms with Gasteiger partial charge >= 0.3 is 0 Å². The summed E-state index contributed by atoms with van der Waals surface area (Å²) in [6.45, 7) is 10.4. The SMILES string of the molecule is CC[C@@]1(C)C[C@H]2O[Si](c3ccccc3)(c3ccccc3)C[C@@H]3CC[C@]4(CCC(=O)C4[C@@]32C)[C@@H](C)[C@@H]1OCOCc1ccccc1. The van der Waals surface area contributed by atoms with Crippen LogP contribution >= 0.6 is 0 Å². The standard InChI is InChI=1S/C40H50O4Si/c1-5-38(3)25-35-39(4)31(27-45(44-35,32-17-11-7-12-18-32)33-19-13-8-14-20-33)21-23-40(24-22-34(41)36(39)40)29(2)37(38)43-28-42-26-30-15-9-6-10-16-30/h6-20,29,31,35-37H,5,21-28H2,1-4H3/t29-,31-,35+,36?,37-,38-,39-,40-/m0/s1. The largest absolute Gasteiger partial charge is 0.404 e. The first-order valence-corrected chi connectivity index (χ1v) is 19.4. The van der Waals surface area contributed by atoms with Crippen molar-refractivity contribution in [3.63, 3.8) is 0 Å². The molecule has 45 heavy (non-hydrogen) atoms. The van der Waals surface area contributed by atoms with Gasteiger partial charge in [-0.25, -0.2) is 0 Å². The summed E-state index contributed by atoms with van der Waals surface area (Å²) < 4.78 is 20.9. The Kier molecular flexibility index (Phi) is 8.21. The van der Waals surface area contributed by atoms with E-state index in [0.29, 0.717) is 24.7 Å². The van der Waals surface area contributed by atoms with Crippen molar-refractivity contribution in [2.24, 2.45) is 34.0 Å². The second kappa shape index (κ2) is 11.9. The van der Waals surface area contributed by atoms with E-state index in [9.17, 15) is 4.79 Å². The molecule has 0 aromatic heterocycles. The maximum Gasteiger partial charge on any atom is 0.256 e. The molecule has 1 heterocycles. The lowest BCUT2D eigenvalue weighted by Crippen LogP contribution is -2.74. The normalized spacial score (nSPS) is 37.0. The smallest absolute Gasteiger partial charge is 0.256 e. The highest BCUT2D eigenvalue weighted by atomic mass is 28.4. The number of benzene rings is 3. The highest BCUT2D eigenvalue weighted by Gasteiger charge is 2.71. The Morgan fingerprint density at radius 2 is 1.51 bits per heavy atom. The Balaban J connectivity index is 1.30. The van der Waals surface area contributed by atoms with E-state index < -0.39 is 8.32 Å². The summed E-state index contributed by atoms with van der Waals surface area (Å²) >= 11 is 0. The molecule has 1 unspecified atom stereocenters. The van der Waals surface area contributed by atoms with Gasteiger partial charge in [0.05, 0.1) is 18.8 Å². The third-order valence-corrected chi connectivity index (χ3v) is 17.5. The van der Waals surface area contributed by atoms with E-state index in [1.165, 1.54) is 10.4 Å². The van der Waals surface area contributed by atoms with Crippen molar-refractivity contribution >= 4 is 24.5 Å². The topological polar surface area (TPSA) is 44.8 Å². The van der Waals surface area contributed by atoms with Crippen LogP contribution in [0.5, 0.6) is 0 Å². The number of hydrogen-bond donors (Lipinski definition) is 0. The van der Waals surface area contributed by atoms with Crippen LogP contribution < -0.4 is 10.4 Å². The molecule has 1 aliphatic heterocycles. The molecule has 3 aliphatic carbocycles. The number of rotatable bonds is 8. The summed E-state index contributed by atoms with van der Waals surface area (Å²) in [5.41, 5.74) is 0.771. The monoisotopic (exact) mass is 622 g/mol. The van der Waals surface area contributed by atoms with Crippen molar-refractivity contribution in [3.8, 4) is 0 Å². The average Bonchev–Trinajstić information content (AvgIpc) is 3.43. The molecule has 4 aliphatic rings. The molecule has 3 aromatic rings. The lowest BCUT2D eigenvalue weighted by molar-refractivity contribution is -0.228. The fraction of sp³-hybridized carbons (Fsp3) is 0.525. The Morgan fingerprint density at radius 3 is 2.13 bits per heavy atom. The minimum atomic E-state index is -2.62. The number of hydrogen-bond acceptors (Lipinski definition) is 4. The predicted molar refractivity (Wildman–Crippen MR) is 182 cm³/mol. The Morgan fingerprint density at radius 1 is 0.889 bits per heavy atom. The van der Waals surface area contributed by atoms with Crippen LogP contribution in [0.25, 0.3) is 0 Å². The Labute approximate surface area is 271 Å². The lowest BCUT2D eigenvalue weighted by atomic mass is 9.43. The van der Waals surface area contributed by atoms with E-state index in [2.05, 4.69) is 100 Å². The zero-order valence-corrected chi connectivity index (χ0v) is 28.5. The molecule has 0 spiro atoms. The van der Waals surface area contributed by atoms with Gasteiger partial charge in [-0.1, -0.05) is 119 Å². The van der Waals surface area contributed by atoms with E-state index in [1.54, 1.807) is 0 Å². The number of Topliss-reactive ketones (excluding diaryl/α,β-unsaturated/α-hetero) is 1. The summed E-state index contributed by atoms with van der Waals surface area (Å²) in [5, 5.41) is 2.70. The van der Waals surface area contributed by atoms with Crippen molar-refractivity contribution < 1.29 is 18.7 Å². The highest BCUT2D eigenvalue weighted by molar-refractivity contribution is 6.97. The van der Waals surface area contributed by atoms with E-state index in [4.69, 9.17) is 13.9 Å². The molecule has 5 heteroatoms. The van der Waals surface area contributed by atoms with Gasteiger partial charge in [0.25, 0.3) is 8.32 Å². The summed E-state index contributed by atoms with van der Waals surface area (Å²) in [7, 11) is -2.62. The van der Waals surface area contributed by atoms with Gasteiger partial charge in [0.15, 0.2) is 0 Å². The molecule has 0 N–H and O–H groups in total. The summed E-state index contributed by atoms with van der Waals surface area (Å²) in [6.07, 6.45) is 5.72. The molecule has 4 nitrogen and oxygen atoms in total. The van der Waals surface area contributed by atoms with Crippen molar-refractivity contribution in [2.45, 2.75) is 91.1 Å². The fourth-order valence-electron chi connectivity index (χ4n) is 10.7. The van der Waals surface area contributed by atoms with Crippen molar-refractivity contribution in [3.05, 3.63) is 96.6 Å².